The summed E-state index contributed by atoms with van der Waals surface area (Å²) in [6.07, 6.45) is 2.35. The molecule has 0 fully saturated rings. The molecule has 2 aromatic rings. The molecule has 2 rings (SSSR count). The van der Waals surface area contributed by atoms with Crippen molar-refractivity contribution in [3.8, 4) is 0 Å². The van der Waals surface area contributed by atoms with Crippen molar-refractivity contribution in [3.63, 3.8) is 0 Å². The van der Waals surface area contributed by atoms with Crippen LogP contribution in [0, 0.1) is 5.92 Å². The van der Waals surface area contributed by atoms with Gasteiger partial charge < -0.3 is 0 Å². The summed E-state index contributed by atoms with van der Waals surface area (Å²) < 4.78 is 0. The normalized spacial score (nSPS) is 12.2. The van der Waals surface area contributed by atoms with Crippen LogP contribution in [0.4, 0.5) is 0 Å². The van der Waals surface area contributed by atoms with E-state index in [0.29, 0.717) is 5.92 Å². The fraction of sp³-hybridized carbons (Fsp3) is 0.222. The van der Waals surface area contributed by atoms with Crippen LogP contribution in [-0.2, 0) is 0 Å². The lowest BCUT2D eigenvalue weighted by Crippen LogP contribution is -2.54. The Hall–Kier alpha value is -1.60. The summed E-state index contributed by atoms with van der Waals surface area (Å²) >= 11 is 0. The van der Waals surface area contributed by atoms with Crippen LogP contribution in [0.5, 0.6) is 0 Å². The van der Waals surface area contributed by atoms with E-state index in [0.717, 1.165) is 0 Å². The Labute approximate surface area is 117 Å². The van der Waals surface area contributed by atoms with Crippen molar-refractivity contribution < 1.29 is 0 Å². The Kier molecular flexibility index (Phi) is 4.38. The molecule has 0 saturated carbocycles. The van der Waals surface area contributed by atoms with Crippen LogP contribution in [0.1, 0.15) is 13.8 Å². The molecular formula is C18H22Si. The van der Waals surface area contributed by atoms with Crippen molar-refractivity contribution in [2.75, 3.05) is 0 Å². The van der Waals surface area contributed by atoms with Gasteiger partial charge in [0, 0.05) is 0 Å². The first-order valence-corrected chi connectivity index (χ1v) is 9.51. The highest BCUT2D eigenvalue weighted by atomic mass is 28.3. The van der Waals surface area contributed by atoms with Gasteiger partial charge in [-0.3, -0.25) is 0 Å². The van der Waals surface area contributed by atoms with Crippen molar-refractivity contribution in [2.24, 2.45) is 5.92 Å². The fourth-order valence-electron chi connectivity index (χ4n) is 2.31. The first-order chi connectivity index (χ1) is 9.13. The van der Waals surface area contributed by atoms with Gasteiger partial charge in [-0.1, -0.05) is 103 Å². The summed E-state index contributed by atoms with van der Waals surface area (Å²) in [5.74, 6) is 0.597. The van der Waals surface area contributed by atoms with E-state index in [9.17, 15) is 0 Å². The molecule has 0 amide bonds. The molecular weight excluding hydrogens is 244 g/mol. The summed E-state index contributed by atoms with van der Waals surface area (Å²) in [5, 5.41) is 2.94. The molecule has 0 aliphatic rings. The van der Waals surface area contributed by atoms with Crippen LogP contribution in [0.3, 0.4) is 0 Å². The highest BCUT2D eigenvalue weighted by Crippen LogP contribution is 2.09. The van der Waals surface area contributed by atoms with Crippen LogP contribution >= 0.6 is 0 Å². The second-order valence-corrected chi connectivity index (χ2v) is 9.43. The van der Waals surface area contributed by atoms with Gasteiger partial charge in [0.2, 0.25) is 0 Å². The predicted octanol–water partition coefficient (Wildman–Crippen LogP) is 3.63. The summed E-state index contributed by atoms with van der Waals surface area (Å²) in [6, 6.07) is 21.8. The highest BCUT2D eigenvalue weighted by molar-refractivity contribution is 7.05. The van der Waals surface area contributed by atoms with Gasteiger partial charge in [0.15, 0.2) is 0 Å². The van der Waals surface area contributed by atoms with Crippen LogP contribution < -0.4 is 10.4 Å². The Balaban J connectivity index is 2.51. The van der Waals surface area contributed by atoms with Crippen LogP contribution in [0.25, 0.3) is 0 Å². The third-order valence-corrected chi connectivity index (χ3v) is 7.49. The number of hydrogen-bond acceptors (Lipinski definition) is 0. The Morgan fingerprint density at radius 3 is 1.58 bits per heavy atom. The molecule has 0 N–H and O–H groups in total. The molecule has 0 spiro atoms. The van der Waals surface area contributed by atoms with E-state index in [1.807, 2.05) is 0 Å². The molecule has 1 heteroatoms. The zero-order valence-electron chi connectivity index (χ0n) is 12.0. The minimum atomic E-state index is -1.74. The molecule has 98 valence electrons. The molecule has 0 unspecified atom stereocenters. The molecule has 0 saturated heterocycles. The van der Waals surface area contributed by atoms with Gasteiger partial charge in [0.1, 0.15) is 8.07 Å². The van der Waals surface area contributed by atoms with Crippen molar-refractivity contribution in [1.82, 2.24) is 0 Å². The maximum absolute atomic E-state index is 2.47. The zero-order chi connectivity index (χ0) is 13.7. The lowest BCUT2D eigenvalue weighted by atomic mass is 10.2. The van der Waals surface area contributed by atoms with Gasteiger partial charge in [0.25, 0.3) is 0 Å². The zero-order valence-corrected chi connectivity index (χ0v) is 13.0. The van der Waals surface area contributed by atoms with E-state index in [2.05, 4.69) is 92.8 Å². The first-order valence-electron chi connectivity index (χ1n) is 6.93. The van der Waals surface area contributed by atoms with E-state index in [1.165, 1.54) is 10.4 Å². The fourth-order valence-corrected chi connectivity index (χ4v) is 5.57. The van der Waals surface area contributed by atoms with E-state index in [1.54, 1.807) is 0 Å². The average molecular weight is 266 g/mol. The van der Waals surface area contributed by atoms with Gasteiger partial charge in [0.05, 0.1) is 0 Å². The van der Waals surface area contributed by atoms with Crippen molar-refractivity contribution in [1.29, 1.82) is 0 Å². The summed E-state index contributed by atoms with van der Waals surface area (Å²) in [7, 11) is -1.74. The van der Waals surface area contributed by atoms with Crippen LogP contribution in [0.2, 0.25) is 6.55 Å². The monoisotopic (exact) mass is 266 g/mol. The molecule has 0 aromatic heterocycles. The van der Waals surface area contributed by atoms with Gasteiger partial charge in [-0.05, 0) is 5.92 Å². The SMILES string of the molecule is CC(C)/C=C/[Si](C)(c1ccccc1)c1ccccc1. The standard InChI is InChI=1S/C18H22Si/c1-16(2)14-15-19(3,17-10-6-4-7-11-17)18-12-8-5-9-13-18/h4-16H,1-3H3/b15-14+. The van der Waals surface area contributed by atoms with E-state index in [-0.39, 0.29) is 0 Å². The van der Waals surface area contributed by atoms with Crippen LogP contribution in [-0.4, -0.2) is 8.07 Å². The average Bonchev–Trinajstić information content (AvgIpc) is 2.46. The molecule has 0 bridgehead atoms. The third kappa shape index (κ3) is 3.24. The number of allylic oxidation sites excluding steroid dienone is 1. The molecule has 19 heavy (non-hydrogen) atoms. The molecule has 0 heterocycles. The second kappa shape index (κ2) is 6.03. The molecule has 0 nitrogen and oxygen atoms in total. The highest BCUT2D eigenvalue weighted by Gasteiger charge is 2.28. The van der Waals surface area contributed by atoms with Crippen molar-refractivity contribution >= 4 is 18.4 Å². The molecule has 2 aromatic carbocycles. The topological polar surface area (TPSA) is 0 Å². The van der Waals surface area contributed by atoms with Crippen LogP contribution in [0.15, 0.2) is 72.4 Å². The maximum atomic E-state index is 2.47. The molecule has 0 aliphatic heterocycles. The molecule has 0 radical (unpaired) electrons. The Morgan fingerprint density at radius 2 is 1.21 bits per heavy atom. The summed E-state index contributed by atoms with van der Waals surface area (Å²) in [4.78, 5) is 0. The van der Waals surface area contributed by atoms with Gasteiger partial charge >= 0.3 is 0 Å². The Morgan fingerprint density at radius 1 is 0.789 bits per heavy atom. The lowest BCUT2D eigenvalue weighted by molar-refractivity contribution is 0.833. The van der Waals surface area contributed by atoms with E-state index in [4.69, 9.17) is 0 Å². The predicted molar refractivity (Wildman–Crippen MR) is 87.7 cm³/mol. The lowest BCUT2D eigenvalue weighted by Gasteiger charge is -2.25. The van der Waals surface area contributed by atoms with Gasteiger partial charge in [-0.2, -0.15) is 0 Å². The maximum Gasteiger partial charge on any atom is 0.137 e. The molecule has 0 atom stereocenters. The second-order valence-electron chi connectivity index (χ2n) is 5.54. The Bertz CT molecular complexity index is 487. The van der Waals surface area contributed by atoms with Crippen molar-refractivity contribution in [2.45, 2.75) is 20.4 Å². The van der Waals surface area contributed by atoms with Crippen molar-refractivity contribution in [3.05, 3.63) is 72.4 Å². The quantitative estimate of drug-likeness (QED) is 0.741. The number of hydrogen-bond donors (Lipinski definition) is 0. The minimum absolute atomic E-state index is 0.597. The number of benzene rings is 2. The van der Waals surface area contributed by atoms with Gasteiger partial charge in [-0.25, -0.2) is 0 Å². The minimum Gasteiger partial charge on any atom is -0.0898 e. The third-order valence-electron chi connectivity index (χ3n) is 3.56. The number of rotatable bonds is 4. The summed E-state index contributed by atoms with van der Waals surface area (Å²) in [5.41, 5.74) is 2.47. The van der Waals surface area contributed by atoms with E-state index >= 15 is 0 Å². The smallest absolute Gasteiger partial charge is 0.0898 e. The largest absolute Gasteiger partial charge is 0.137 e. The first kappa shape index (κ1) is 13.8. The summed E-state index contributed by atoms with van der Waals surface area (Å²) in [6.45, 7) is 6.90. The van der Waals surface area contributed by atoms with Gasteiger partial charge in [-0.15, -0.1) is 0 Å². The van der Waals surface area contributed by atoms with E-state index < -0.39 is 8.07 Å². The molecule has 0 aliphatic carbocycles.